The van der Waals surface area contributed by atoms with Gasteiger partial charge in [-0.25, -0.2) is 8.42 Å². The van der Waals surface area contributed by atoms with E-state index in [-0.39, 0.29) is 12.5 Å². The summed E-state index contributed by atoms with van der Waals surface area (Å²) in [5, 5.41) is 2.84. The van der Waals surface area contributed by atoms with Crippen LogP contribution in [0.25, 0.3) is 0 Å². The van der Waals surface area contributed by atoms with Crippen molar-refractivity contribution in [3.8, 4) is 0 Å². The SMILES string of the molecule is Cc1ccc(N(CC(=O)NCc2ccc(N3CCCCC3)cc2)S(C)(=O)=O)c(C)c1. The van der Waals surface area contributed by atoms with E-state index in [1.807, 2.05) is 38.1 Å². The van der Waals surface area contributed by atoms with Gasteiger partial charge < -0.3 is 10.2 Å². The molecular formula is C23H31N3O3S. The largest absolute Gasteiger partial charge is 0.372 e. The van der Waals surface area contributed by atoms with E-state index in [2.05, 4.69) is 22.3 Å². The number of nitrogens with one attached hydrogen (secondary N) is 1. The van der Waals surface area contributed by atoms with Gasteiger partial charge in [-0.2, -0.15) is 0 Å². The summed E-state index contributed by atoms with van der Waals surface area (Å²) in [6.45, 7) is 6.11. The van der Waals surface area contributed by atoms with E-state index < -0.39 is 10.0 Å². The molecule has 7 heteroatoms. The molecule has 0 unspecified atom stereocenters. The normalized spacial score (nSPS) is 14.4. The molecule has 1 N–H and O–H groups in total. The first-order valence-corrected chi connectivity index (χ1v) is 12.2. The molecular weight excluding hydrogens is 398 g/mol. The van der Waals surface area contributed by atoms with E-state index in [1.165, 1.54) is 24.9 Å². The number of nitrogens with zero attached hydrogens (tertiary/aromatic N) is 2. The third kappa shape index (κ3) is 5.75. The maximum Gasteiger partial charge on any atom is 0.241 e. The summed E-state index contributed by atoms with van der Waals surface area (Å²) in [6, 6.07) is 13.7. The number of sulfonamides is 1. The molecule has 1 heterocycles. The number of anilines is 2. The number of hydrogen-bond donors (Lipinski definition) is 1. The van der Waals surface area contributed by atoms with Gasteiger partial charge in [0.1, 0.15) is 6.54 Å². The van der Waals surface area contributed by atoms with Gasteiger partial charge in [-0.15, -0.1) is 0 Å². The summed E-state index contributed by atoms with van der Waals surface area (Å²) in [5.41, 5.74) is 4.59. The lowest BCUT2D eigenvalue weighted by molar-refractivity contribution is -0.119. The van der Waals surface area contributed by atoms with E-state index in [0.717, 1.165) is 40.3 Å². The molecule has 0 radical (unpaired) electrons. The van der Waals surface area contributed by atoms with Crippen molar-refractivity contribution in [1.29, 1.82) is 0 Å². The number of aryl methyl sites for hydroxylation is 2. The third-order valence-electron chi connectivity index (χ3n) is 5.46. The molecule has 0 atom stereocenters. The van der Waals surface area contributed by atoms with E-state index in [9.17, 15) is 13.2 Å². The standard InChI is InChI=1S/C23H31N3O3S/c1-18-7-12-22(19(2)15-18)26(30(3,28)29)17-23(27)24-16-20-8-10-21(11-9-20)25-13-5-4-6-14-25/h7-12,15H,4-6,13-14,16-17H2,1-3H3,(H,24,27). The van der Waals surface area contributed by atoms with Crippen molar-refractivity contribution in [3.63, 3.8) is 0 Å². The summed E-state index contributed by atoms with van der Waals surface area (Å²) < 4.78 is 25.8. The molecule has 0 bridgehead atoms. The minimum atomic E-state index is -3.58. The van der Waals surface area contributed by atoms with E-state index in [0.29, 0.717) is 12.2 Å². The summed E-state index contributed by atoms with van der Waals surface area (Å²) in [7, 11) is -3.58. The van der Waals surface area contributed by atoms with Crippen molar-refractivity contribution < 1.29 is 13.2 Å². The highest BCUT2D eigenvalue weighted by molar-refractivity contribution is 7.92. The van der Waals surface area contributed by atoms with Crippen molar-refractivity contribution in [2.45, 2.75) is 39.7 Å². The van der Waals surface area contributed by atoms with Gasteiger partial charge in [0.05, 0.1) is 11.9 Å². The second kappa shape index (κ2) is 9.51. The molecule has 1 fully saturated rings. The Balaban J connectivity index is 1.62. The summed E-state index contributed by atoms with van der Waals surface area (Å²) in [5.74, 6) is -0.333. The monoisotopic (exact) mass is 429 g/mol. The Bertz CT molecular complexity index is 981. The molecule has 2 aromatic rings. The fourth-order valence-electron chi connectivity index (χ4n) is 3.83. The van der Waals surface area contributed by atoms with Gasteiger partial charge in [-0.05, 0) is 62.4 Å². The third-order valence-corrected chi connectivity index (χ3v) is 6.58. The zero-order chi connectivity index (χ0) is 21.7. The molecule has 0 saturated carbocycles. The molecule has 3 rings (SSSR count). The molecule has 0 spiro atoms. The topological polar surface area (TPSA) is 69.7 Å². The van der Waals surface area contributed by atoms with Gasteiger partial charge in [0, 0.05) is 25.3 Å². The average molecular weight is 430 g/mol. The molecule has 1 saturated heterocycles. The lowest BCUT2D eigenvalue weighted by atomic mass is 10.1. The van der Waals surface area contributed by atoms with Crippen LogP contribution in [0.5, 0.6) is 0 Å². The molecule has 1 aliphatic rings. The highest BCUT2D eigenvalue weighted by Gasteiger charge is 2.22. The van der Waals surface area contributed by atoms with Crippen molar-refractivity contribution in [1.82, 2.24) is 5.32 Å². The quantitative estimate of drug-likeness (QED) is 0.733. The number of piperidine rings is 1. The molecule has 0 aliphatic carbocycles. The predicted octanol–water partition coefficient (Wildman–Crippen LogP) is 3.38. The Kier molecular flexibility index (Phi) is 7.02. The van der Waals surface area contributed by atoms with Crippen LogP contribution in [0.2, 0.25) is 0 Å². The summed E-state index contributed by atoms with van der Waals surface area (Å²) >= 11 is 0. The molecule has 2 aromatic carbocycles. The number of carbonyl (C=O) groups excluding carboxylic acids is 1. The predicted molar refractivity (Wildman–Crippen MR) is 122 cm³/mol. The molecule has 6 nitrogen and oxygen atoms in total. The maximum absolute atomic E-state index is 12.5. The Hall–Kier alpha value is -2.54. The average Bonchev–Trinajstić information content (AvgIpc) is 2.71. The van der Waals surface area contributed by atoms with Gasteiger partial charge in [-0.1, -0.05) is 29.8 Å². The lowest BCUT2D eigenvalue weighted by Gasteiger charge is -2.28. The van der Waals surface area contributed by atoms with E-state index in [1.54, 1.807) is 6.07 Å². The van der Waals surface area contributed by atoms with Gasteiger partial charge >= 0.3 is 0 Å². The Morgan fingerprint density at radius 3 is 2.30 bits per heavy atom. The molecule has 30 heavy (non-hydrogen) atoms. The van der Waals surface area contributed by atoms with Crippen LogP contribution < -0.4 is 14.5 Å². The van der Waals surface area contributed by atoms with Crippen LogP contribution in [0.3, 0.4) is 0 Å². The number of rotatable bonds is 7. The molecule has 1 aliphatic heterocycles. The Morgan fingerprint density at radius 2 is 1.70 bits per heavy atom. The van der Waals surface area contributed by atoms with Gasteiger partial charge in [0.2, 0.25) is 15.9 Å². The molecule has 1 amide bonds. The Morgan fingerprint density at radius 1 is 1.03 bits per heavy atom. The van der Waals surface area contributed by atoms with E-state index in [4.69, 9.17) is 0 Å². The van der Waals surface area contributed by atoms with Crippen LogP contribution >= 0.6 is 0 Å². The second-order valence-electron chi connectivity index (χ2n) is 8.05. The highest BCUT2D eigenvalue weighted by Crippen LogP contribution is 2.23. The van der Waals surface area contributed by atoms with Crippen molar-refractivity contribution >= 4 is 27.3 Å². The first kappa shape index (κ1) is 22.2. The number of amides is 1. The zero-order valence-electron chi connectivity index (χ0n) is 18.0. The number of carbonyl (C=O) groups is 1. The van der Waals surface area contributed by atoms with Crippen LogP contribution in [-0.2, 0) is 21.4 Å². The molecule has 0 aromatic heterocycles. The second-order valence-corrected chi connectivity index (χ2v) is 9.96. The fourth-order valence-corrected chi connectivity index (χ4v) is 4.74. The van der Waals surface area contributed by atoms with Gasteiger partial charge in [0.25, 0.3) is 0 Å². The smallest absolute Gasteiger partial charge is 0.241 e. The summed E-state index contributed by atoms with van der Waals surface area (Å²) in [4.78, 5) is 14.9. The minimum absolute atomic E-state index is 0.241. The van der Waals surface area contributed by atoms with Crippen molar-refractivity contribution in [2.24, 2.45) is 0 Å². The first-order chi connectivity index (χ1) is 14.2. The maximum atomic E-state index is 12.5. The first-order valence-electron chi connectivity index (χ1n) is 10.4. The minimum Gasteiger partial charge on any atom is -0.372 e. The van der Waals surface area contributed by atoms with Crippen LogP contribution in [0.15, 0.2) is 42.5 Å². The number of benzene rings is 2. The highest BCUT2D eigenvalue weighted by atomic mass is 32.2. The van der Waals surface area contributed by atoms with E-state index >= 15 is 0 Å². The van der Waals surface area contributed by atoms with Gasteiger partial charge in [0.15, 0.2) is 0 Å². The number of hydrogen-bond acceptors (Lipinski definition) is 4. The lowest BCUT2D eigenvalue weighted by Crippen LogP contribution is -2.40. The van der Waals surface area contributed by atoms with Crippen LogP contribution in [0.4, 0.5) is 11.4 Å². The van der Waals surface area contributed by atoms with Crippen molar-refractivity contribution in [3.05, 3.63) is 59.2 Å². The van der Waals surface area contributed by atoms with Crippen LogP contribution in [0, 0.1) is 13.8 Å². The zero-order valence-corrected chi connectivity index (χ0v) is 18.8. The van der Waals surface area contributed by atoms with Crippen LogP contribution in [0.1, 0.15) is 36.0 Å². The van der Waals surface area contributed by atoms with Crippen LogP contribution in [-0.4, -0.2) is 40.2 Å². The fraction of sp³-hybridized carbons (Fsp3) is 0.435. The van der Waals surface area contributed by atoms with Gasteiger partial charge in [-0.3, -0.25) is 9.10 Å². The summed E-state index contributed by atoms with van der Waals surface area (Å²) in [6.07, 6.45) is 4.89. The Labute approximate surface area is 179 Å². The molecule has 162 valence electrons. The van der Waals surface area contributed by atoms with Crippen molar-refractivity contribution in [2.75, 3.05) is 35.1 Å².